The Bertz CT molecular complexity index is 410. The molecule has 0 saturated heterocycles. The van der Waals surface area contributed by atoms with Gasteiger partial charge in [-0.3, -0.25) is 0 Å². The molecule has 0 aliphatic heterocycles. The first-order valence-corrected chi connectivity index (χ1v) is 7.02. The minimum Gasteiger partial charge on any atom is -0.490 e. The Labute approximate surface area is 122 Å². The molecule has 5 heteroatoms. The van der Waals surface area contributed by atoms with Crippen molar-refractivity contribution < 1.29 is 14.6 Å². The maximum atomic E-state index is 8.77. The molecule has 0 spiro atoms. The molecule has 0 amide bonds. The van der Waals surface area contributed by atoms with E-state index in [1.165, 1.54) is 0 Å². The Hall–Kier alpha value is -1.04. The fraction of sp³-hybridized carbons (Fsp3) is 0.429. The van der Waals surface area contributed by atoms with Crippen LogP contribution >= 0.6 is 15.9 Å². The van der Waals surface area contributed by atoms with Gasteiger partial charge in [0.2, 0.25) is 0 Å². The number of aliphatic hydroxyl groups is 1. The van der Waals surface area contributed by atoms with Crippen LogP contribution in [0.1, 0.15) is 12.5 Å². The van der Waals surface area contributed by atoms with Crippen LogP contribution in [-0.4, -0.2) is 31.5 Å². The van der Waals surface area contributed by atoms with E-state index in [-0.39, 0.29) is 6.61 Å². The third-order valence-electron chi connectivity index (χ3n) is 2.37. The molecule has 0 unspecified atom stereocenters. The summed E-state index contributed by atoms with van der Waals surface area (Å²) in [6.07, 6.45) is 1.69. The maximum Gasteiger partial charge on any atom is 0.162 e. The highest BCUT2D eigenvalue weighted by Crippen LogP contribution is 2.33. The summed E-state index contributed by atoms with van der Waals surface area (Å²) in [4.78, 5) is 0. The molecule has 0 fully saturated rings. The van der Waals surface area contributed by atoms with E-state index in [2.05, 4.69) is 27.8 Å². The second-order valence-electron chi connectivity index (χ2n) is 3.82. The monoisotopic (exact) mass is 329 g/mol. The van der Waals surface area contributed by atoms with Crippen LogP contribution in [0.25, 0.3) is 0 Å². The number of halogens is 1. The third-order valence-corrected chi connectivity index (χ3v) is 3.11. The molecule has 1 aromatic rings. The van der Waals surface area contributed by atoms with Crippen molar-refractivity contribution in [2.45, 2.75) is 13.5 Å². The first-order chi connectivity index (χ1) is 9.22. The minimum atomic E-state index is 0.121. The summed E-state index contributed by atoms with van der Waals surface area (Å²) < 4.78 is 12.1. The summed E-state index contributed by atoms with van der Waals surface area (Å²) in [5, 5.41) is 11.9. The molecule has 0 aromatic heterocycles. The van der Waals surface area contributed by atoms with E-state index in [1.54, 1.807) is 6.08 Å². The summed E-state index contributed by atoms with van der Waals surface area (Å²) in [5.41, 5.74) is 1.06. The lowest BCUT2D eigenvalue weighted by Gasteiger charge is -2.14. The van der Waals surface area contributed by atoms with Crippen molar-refractivity contribution in [3.63, 3.8) is 0 Å². The molecular formula is C14H20BrNO3. The highest BCUT2D eigenvalue weighted by Gasteiger charge is 2.10. The Morgan fingerprint density at radius 2 is 2.11 bits per heavy atom. The second-order valence-corrected chi connectivity index (χ2v) is 4.68. The highest BCUT2D eigenvalue weighted by molar-refractivity contribution is 9.10. The maximum absolute atomic E-state index is 8.77. The first kappa shape index (κ1) is 16.0. The summed E-state index contributed by atoms with van der Waals surface area (Å²) in [6.45, 7) is 7.92. The molecule has 0 aliphatic carbocycles. The number of hydrogen-bond donors (Lipinski definition) is 2. The molecule has 0 radical (unpaired) electrons. The van der Waals surface area contributed by atoms with Crippen LogP contribution in [0.15, 0.2) is 29.3 Å². The number of ether oxygens (including phenoxy) is 2. The lowest BCUT2D eigenvalue weighted by atomic mass is 10.2. The number of benzene rings is 1. The zero-order valence-electron chi connectivity index (χ0n) is 11.1. The van der Waals surface area contributed by atoms with Crippen molar-refractivity contribution in [3.8, 4) is 11.5 Å². The molecule has 0 heterocycles. The van der Waals surface area contributed by atoms with Crippen LogP contribution in [0, 0.1) is 0 Å². The van der Waals surface area contributed by atoms with Gasteiger partial charge in [0, 0.05) is 17.6 Å². The topological polar surface area (TPSA) is 50.7 Å². The molecule has 19 heavy (non-hydrogen) atoms. The number of aliphatic hydroxyl groups excluding tert-OH is 1. The normalized spacial score (nSPS) is 10.3. The van der Waals surface area contributed by atoms with Gasteiger partial charge in [-0.2, -0.15) is 0 Å². The zero-order valence-corrected chi connectivity index (χ0v) is 12.7. The molecule has 1 aromatic carbocycles. The lowest BCUT2D eigenvalue weighted by molar-refractivity contribution is 0.290. The molecule has 0 bridgehead atoms. The number of hydrogen-bond acceptors (Lipinski definition) is 4. The summed E-state index contributed by atoms with van der Waals surface area (Å²) in [5.74, 6) is 1.41. The van der Waals surface area contributed by atoms with Crippen LogP contribution < -0.4 is 14.8 Å². The lowest BCUT2D eigenvalue weighted by Crippen LogP contribution is -2.17. The van der Waals surface area contributed by atoms with Gasteiger partial charge < -0.3 is 19.9 Å². The molecular weight excluding hydrogens is 310 g/mol. The Morgan fingerprint density at radius 3 is 2.74 bits per heavy atom. The van der Waals surface area contributed by atoms with Gasteiger partial charge in [0.15, 0.2) is 11.5 Å². The van der Waals surface area contributed by atoms with E-state index < -0.39 is 0 Å². The molecule has 0 aliphatic rings. The van der Waals surface area contributed by atoms with E-state index >= 15 is 0 Å². The van der Waals surface area contributed by atoms with Gasteiger partial charge in [0.1, 0.15) is 6.61 Å². The van der Waals surface area contributed by atoms with Gasteiger partial charge in [-0.1, -0.05) is 28.6 Å². The average Bonchev–Trinajstić information content (AvgIpc) is 2.40. The fourth-order valence-electron chi connectivity index (χ4n) is 1.54. The molecule has 2 N–H and O–H groups in total. The van der Waals surface area contributed by atoms with Crippen molar-refractivity contribution in [1.82, 2.24) is 5.32 Å². The van der Waals surface area contributed by atoms with E-state index in [4.69, 9.17) is 14.6 Å². The van der Waals surface area contributed by atoms with Gasteiger partial charge in [0.25, 0.3) is 0 Å². The number of rotatable bonds is 9. The Morgan fingerprint density at radius 1 is 1.37 bits per heavy atom. The van der Waals surface area contributed by atoms with Crippen LogP contribution in [0.4, 0.5) is 0 Å². The van der Waals surface area contributed by atoms with E-state index in [9.17, 15) is 0 Å². The smallest absolute Gasteiger partial charge is 0.162 e. The molecule has 0 saturated carbocycles. The van der Waals surface area contributed by atoms with Crippen LogP contribution in [0.3, 0.4) is 0 Å². The van der Waals surface area contributed by atoms with Crippen LogP contribution in [0.5, 0.6) is 11.5 Å². The van der Waals surface area contributed by atoms with E-state index in [1.807, 2.05) is 19.1 Å². The third kappa shape index (κ3) is 5.22. The van der Waals surface area contributed by atoms with Gasteiger partial charge in [-0.05, 0) is 24.6 Å². The zero-order chi connectivity index (χ0) is 14.1. The molecule has 0 atom stereocenters. The highest BCUT2D eigenvalue weighted by atomic mass is 79.9. The van der Waals surface area contributed by atoms with Crippen LogP contribution in [0.2, 0.25) is 0 Å². The fourth-order valence-corrected chi connectivity index (χ4v) is 2.01. The standard InChI is InChI=1S/C14H20BrNO3/c1-3-7-19-14-9-12(15)11(10-16-5-6-17)8-13(14)18-4-2/h3,8-9,16-17H,1,4-7,10H2,2H3. The predicted molar refractivity (Wildman–Crippen MR) is 79.8 cm³/mol. The predicted octanol–water partition coefficient (Wildman–Crippen LogP) is 2.49. The Kier molecular flexibility index (Phi) is 7.55. The van der Waals surface area contributed by atoms with Gasteiger partial charge in [0.05, 0.1) is 13.2 Å². The van der Waals surface area contributed by atoms with Crippen molar-refractivity contribution in [2.24, 2.45) is 0 Å². The van der Waals surface area contributed by atoms with Crippen molar-refractivity contribution >= 4 is 15.9 Å². The van der Waals surface area contributed by atoms with Crippen molar-refractivity contribution in [2.75, 3.05) is 26.4 Å². The van der Waals surface area contributed by atoms with E-state index in [0.29, 0.717) is 37.8 Å². The largest absolute Gasteiger partial charge is 0.490 e. The Balaban J connectivity index is 2.88. The second kappa shape index (κ2) is 8.96. The van der Waals surface area contributed by atoms with Gasteiger partial charge >= 0.3 is 0 Å². The SMILES string of the molecule is C=CCOc1cc(Br)c(CNCCO)cc1OCC. The molecule has 1 rings (SSSR count). The van der Waals surface area contributed by atoms with Crippen LogP contribution in [-0.2, 0) is 6.54 Å². The minimum absolute atomic E-state index is 0.121. The van der Waals surface area contributed by atoms with Gasteiger partial charge in [-0.15, -0.1) is 0 Å². The van der Waals surface area contributed by atoms with Crippen molar-refractivity contribution in [1.29, 1.82) is 0 Å². The molecule has 106 valence electrons. The van der Waals surface area contributed by atoms with E-state index in [0.717, 1.165) is 10.0 Å². The molecule has 4 nitrogen and oxygen atoms in total. The quantitative estimate of drug-likeness (QED) is 0.540. The summed E-state index contributed by atoms with van der Waals surface area (Å²) >= 11 is 3.51. The summed E-state index contributed by atoms with van der Waals surface area (Å²) in [7, 11) is 0. The first-order valence-electron chi connectivity index (χ1n) is 6.23. The summed E-state index contributed by atoms with van der Waals surface area (Å²) in [6, 6.07) is 3.83. The van der Waals surface area contributed by atoms with Crippen molar-refractivity contribution in [3.05, 3.63) is 34.8 Å². The average molecular weight is 330 g/mol. The number of nitrogens with one attached hydrogen (secondary N) is 1. The van der Waals surface area contributed by atoms with Gasteiger partial charge in [-0.25, -0.2) is 0 Å².